The number of amides is 2. The minimum Gasteiger partial charge on any atom is -0.274 e. The van der Waals surface area contributed by atoms with Crippen LogP contribution in [0.3, 0.4) is 0 Å². The number of alkyl halides is 1. The van der Waals surface area contributed by atoms with Crippen LogP contribution >= 0.6 is 28.3 Å². The van der Waals surface area contributed by atoms with Crippen molar-refractivity contribution in [3.63, 3.8) is 0 Å². The van der Waals surface area contributed by atoms with Crippen LogP contribution in [0.1, 0.15) is 27.1 Å². The van der Waals surface area contributed by atoms with Crippen molar-refractivity contribution in [3.05, 3.63) is 35.4 Å². The van der Waals surface area contributed by atoms with Gasteiger partial charge in [-0.05, 0) is 18.6 Å². The summed E-state index contributed by atoms with van der Waals surface area (Å²) in [6, 6.07) is 6.95. The fourth-order valence-electron chi connectivity index (χ4n) is 1.66. The van der Waals surface area contributed by atoms with Crippen molar-refractivity contribution in [2.45, 2.75) is 6.42 Å². The molecule has 3 nitrogen and oxygen atoms in total. The lowest BCUT2D eigenvalue weighted by molar-refractivity contribution is 0.0655. The van der Waals surface area contributed by atoms with E-state index >= 15 is 0 Å². The maximum Gasteiger partial charge on any atom is 0.261 e. The Morgan fingerprint density at radius 1 is 1.06 bits per heavy atom. The van der Waals surface area contributed by atoms with E-state index in [2.05, 4.69) is 15.9 Å². The third kappa shape index (κ3) is 2.13. The highest BCUT2D eigenvalue weighted by molar-refractivity contribution is 9.09. The number of hydrogen-bond donors (Lipinski definition) is 0. The molecular formula is C11H11BrClNO2. The molecule has 86 valence electrons. The number of carbonyl (C=O) groups excluding carboxylic acids is 2. The number of rotatable bonds is 3. The Bertz CT molecular complexity index is 387. The third-order valence-electron chi connectivity index (χ3n) is 2.39. The minimum atomic E-state index is -0.170. The van der Waals surface area contributed by atoms with Crippen LogP contribution in [0.25, 0.3) is 0 Å². The van der Waals surface area contributed by atoms with E-state index in [0.717, 1.165) is 11.8 Å². The molecule has 2 rings (SSSR count). The van der Waals surface area contributed by atoms with E-state index < -0.39 is 0 Å². The van der Waals surface area contributed by atoms with Crippen LogP contribution in [0.15, 0.2) is 24.3 Å². The zero-order valence-electron chi connectivity index (χ0n) is 8.48. The molecule has 0 N–H and O–H groups in total. The number of imide groups is 1. The molecule has 5 heteroatoms. The van der Waals surface area contributed by atoms with Crippen molar-refractivity contribution >= 4 is 40.2 Å². The molecule has 0 radical (unpaired) electrons. The quantitative estimate of drug-likeness (QED) is 0.635. The largest absolute Gasteiger partial charge is 0.274 e. The number of hydrogen-bond acceptors (Lipinski definition) is 2. The molecule has 0 bridgehead atoms. The van der Waals surface area contributed by atoms with Gasteiger partial charge in [-0.15, -0.1) is 12.4 Å². The van der Waals surface area contributed by atoms with Gasteiger partial charge in [0.1, 0.15) is 0 Å². The van der Waals surface area contributed by atoms with Crippen molar-refractivity contribution in [1.82, 2.24) is 4.90 Å². The molecule has 1 heterocycles. The molecule has 1 aromatic rings. The summed E-state index contributed by atoms with van der Waals surface area (Å²) in [6.07, 6.45) is 0.783. The van der Waals surface area contributed by atoms with E-state index in [4.69, 9.17) is 0 Å². The Kier molecular flexibility index (Phi) is 4.50. The maximum atomic E-state index is 11.8. The molecule has 0 fully saturated rings. The van der Waals surface area contributed by atoms with Gasteiger partial charge < -0.3 is 0 Å². The van der Waals surface area contributed by atoms with Gasteiger partial charge in [0, 0.05) is 11.9 Å². The highest BCUT2D eigenvalue weighted by Crippen LogP contribution is 2.22. The second-order valence-electron chi connectivity index (χ2n) is 3.35. The molecule has 0 unspecified atom stereocenters. The van der Waals surface area contributed by atoms with Crippen molar-refractivity contribution in [2.24, 2.45) is 0 Å². The topological polar surface area (TPSA) is 37.4 Å². The summed E-state index contributed by atoms with van der Waals surface area (Å²) in [5, 5.41) is 0.792. The summed E-state index contributed by atoms with van der Waals surface area (Å²) in [5.41, 5.74) is 1.05. The minimum absolute atomic E-state index is 0. The van der Waals surface area contributed by atoms with E-state index in [1.165, 1.54) is 4.90 Å². The summed E-state index contributed by atoms with van der Waals surface area (Å²) in [7, 11) is 0. The summed E-state index contributed by atoms with van der Waals surface area (Å²) in [5.74, 6) is -0.340. The number of halogens is 2. The SMILES string of the molecule is Cl.O=C1c2ccccc2C(=O)N1CCCBr. The average Bonchev–Trinajstić information content (AvgIpc) is 2.51. The second-order valence-corrected chi connectivity index (χ2v) is 4.14. The van der Waals surface area contributed by atoms with E-state index in [9.17, 15) is 9.59 Å². The van der Waals surface area contributed by atoms with E-state index in [-0.39, 0.29) is 24.2 Å². The van der Waals surface area contributed by atoms with E-state index in [0.29, 0.717) is 17.7 Å². The first-order chi connectivity index (χ1) is 7.25. The third-order valence-corrected chi connectivity index (χ3v) is 2.95. The normalized spacial score (nSPS) is 13.7. The first-order valence-electron chi connectivity index (χ1n) is 4.77. The predicted molar refractivity (Wildman–Crippen MR) is 67.5 cm³/mol. The van der Waals surface area contributed by atoms with Crippen LogP contribution in [-0.2, 0) is 0 Å². The summed E-state index contributed by atoms with van der Waals surface area (Å²) >= 11 is 3.28. The molecule has 2 amide bonds. The molecule has 1 aliphatic heterocycles. The Balaban J connectivity index is 0.00000128. The standard InChI is InChI=1S/C11H10BrNO2.ClH/c12-6-3-7-13-10(14)8-4-1-2-5-9(8)11(13)15;/h1-2,4-5H,3,6-7H2;1H. The van der Waals surface area contributed by atoms with Crippen molar-refractivity contribution < 1.29 is 9.59 Å². The Hall–Kier alpha value is -0.870. The maximum absolute atomic E-state index is 11.8. The molecule has 1 aliphatic rings. The Labute approximate surface area is 108 Å². The molecule has 0 aliphatic carbocycles. The summed E-state index contributed by atoms with van der Waals surface area (Å²) in [4.78, 5) is 24.9. The summed E-state index contributed by atoms with van der Waals surface area (Å²) < 4.78 is 0. The van der Waals surface area contributed by atoms with Gasteiger partial charge in [0.05, 0.1) is 11.1 Å². The fraction of sp³-hybridized carbons (Fsp3) is 0.273. The van der Waals surface area contributed by atoms with Crippen molar-refractivity contribution in [1.29, 1.82) is 0 Å². The van der Waals surface area contributed by atoms with Gasteiger partial charge in [0.2, 0.25) is 0 Å². The van der Waals surface area contributed by atoms with Gasteiger partial charge in [0.15, 0.2) is 0 Å². The molecule has 0 saturated heterocycles. The van der Waals surface area contributed by atoms with Crippen molar-refractivity contribution in [3.8, 4) is 0 Å². The van der Waals surface area contributed by atoms with Gasteiger partial charge >= 0.3 is 0 Å². The van der Waals surface area contributed by atoms with Crippen molar-refractivity contribution in [2.75, 3.05) is 11.9 Å². The lowest BCUT2D eigenvalue weighted by Gasteiger charge is -2.11. The van der Waals surface area contributed by atoms with Crippen LogP contribution in [0.2, 0.25) is 0 Å². The first kappa shape index (κ1) is 13.2. The van der Waals surface area contributed by atoms with Gasteiger partial charge in [0.25, 0.3) is 11.8 Å². The number of carbonyl (C=O) groups is 2. The lowest BCUT2D eigenvalue weighted by Crippen LogP contribution is -2.30. The second kappa shape index (κ2) is 5.46. The molecular weight excluding hydrogens is 293 g/mol. The number of benzene rings is 1. The average molecular weight is 305 g/mol. The van der Waals surface area contributed by atoms with Gasteiger partial charge in [-0.25, -0.2) is 0 Å². The monoisotopic (exact) mass is 303 g/mol. The highest BCUT2D eigenvalue weighted by atomic mass is 79.9. The van der Waals surface area contributed by atoms with Crippen LogP contribution in [0, 0.1) is 0 Å². The zero-order chi connectivity index (χ0) is 10.8. The summed E-state index contributed by atoms with van der Waals surface area (Å²) in [6.45, 7) is 0.484. The lowest BCUT2D eigenvalue weighted by atomic mass is 10.1. The van der Waals surface area contributed by atoms with Crippen LogP contribution in [0.5, 0.6) is 0 Å². The first-order valence-corrected chi connectivity index (χ1v) is 5.89. The van der Waals surface area contributed by atoms with E-state index in [1.54, 1.807) is 24.3 Å². The molecule has 0 atom stereocenters. The number of nitrogens with zero attached hydrogens (tertiary/aromatic N) is 1. The highest BCUT2D eigenvalue weighted by Gasteiger charge is 2.34. The molecule has 0 spiro atoms. The smallest absolute Gasteiger partial charge is 0.261 e. The molecule has 1 aromatic carbocycles. The van der Waals surface area contributed by atoms with Crippen LogP contribution in [-0.4, -0.2) is 28.6 Å². The van der Waals surface area contributed by atoms with E-state index in [1.807, 2.05) is 0 Å². The molecule has 0 aromatic heterocycles. The van der Waals surface area contributed by atoms with Crippen LogP contribution in [0.4, 0.5) is 0 Å². The van der Waals surface area contributed by atoms with Gasteiger partial charge in [-0.1, -0.05) is 28.1 Å². The predicted octanol–water partition coefficient (Wildman–Crippen LogP) is 2.49. The van der Waals surface area contributed by atoms with Crippen LogP contribution < -0.4 is 0 Å². The molecule has 0 saturated carbocycles. The molecule has 16 heavy (non-hydrogen) atoms. The van der Waals surface area contributed by atoms with Gasteiger partial charge in [-0.3, -0.25) is 14.5 Å². The fourth-order valence-corrected chi connectivity index (χ4v) is 1.91. The Morgan fingerprint density at radius 3 is 2.00 bits per heavy atom. The number of fused-ring (bicyclic) bond motifs is 1. The zero-order valence-corrected chi connectivity index (χ0v) is 10.9. The van der Waals surface area contributed by atoms with Gasteiger partial charge in [-0.2, -0.15) is 0 Å². The Morgan fingerprint density at radius 2 is 1.56 bits per heavy atom.